The fourth-order valence-corrected chi connectivity index (χ4v) is 10.4. The molecular formula is C55H81N7O20. The summed E-state index contributed by atoms with van der Waals surface area (Å²) >= 11 is 0. The molecule has 18 atom stereocenters. The molecule has 82 heavy (non-hydrogen) atoms. The third-order valence-electron chi connectivity index (χ3n) is 15.2. The van der Waals surface area contributed by atoms with Gasteiger partial charge >= 0.3 is 0 Å². The number of hydrogen-bond donors (Lipinski definition) is 15. The number of aliphatic hydroxyl groups excluding tert-OH is 10. The molecule has 7 amide bonds. The van der Waals surface area contributed by atoms with Gasteiger partial charge in [0.2, 0.25) is 41.7 Å². The maximum absolute atomic E-state index is 14.5. The Labute approximate surface area is 474 Å². The summed E-state index contributed by atoms with van der Waals surface area (Å²) in [5.41, 5.74) is 0.339. The number of aliphatic hydroxyl groups is 10. The minimum absolute atomic E-state index is 0.0386. The average Bonchev–Trinajstić information content (AvgIpc) is 4.05. The summed E-state index contributed by atoms with van der Waals surface area (Å²) < 4.78 is 16.9. The highest BCUT2D eigenvalue weighted by molar-refractivity contribution is 6.00. The van der Waals surface area contributed by atoms with Gasteiger partial charge in [0.1, 0.15) is 72.2 Å². The molecule has 456 valence electrons. The number of carbonyl (C=O) groups is 7. The maximum atomic E-state index is 14.5. The largest absolute Gasteiger partial charge is 0.494 e. The predicted molar refractivity (Wildman–Crippen MR) is 287 cm³/mol. The number of nitrogens with zero attached hydrogens (tertiary/aromatic N) is 2. The Morgan fingerprint density at radius 2 is 1.28 bits per heavy atom. The first-order valence-electron chi connectivity index (χ1n) is 27.9. The molecular weight excluding hydrogens is 1080 g/mol. The average molecular weight is 1160 g/mol. The molecule has 4 aliphatic rings. The summed E-state index contributed by atoms with van der Waals surface area (Å²) in [5, 5.41) is 120. The highest BCUT2D eigenvalue weighted by Crippen LogP contribution is 2.28. The van der Waals surface area contributed by atoms with Crippen molar-refractivity contribution in [3.63, 3.8) is 0 Å². The summed E-state index contributed by atoms with van der Waals surface area (Å²) in [4.78, 5) is 102. The van der Waals surface area contributed by atoms with Crippen LogP contribution in [0.2, 0.25) is 0 Å². The van der Waals surface area contributed by atoms with Gasteiger partial charge in [0.05, 0.1) is 49.8 Å². The number of ether oxygens (including phenoxy) is 3. The fraction of sp³-hybridized carbons (Fsp3) is 0.655. The molecule has 6 rings (SSSR count). The predicted octanol–water partition coefficient (Wildman–Crippen LogP) is -4.43. The molecule has 0 bridgehead atoms. The SMILES string of the molecule is CCCCCCCCOc1ccc(C(=O)NC2CC(O)CNC(=O)C3[C@@H](O)[C@@H](C)CN3C(=O)C(C(C)O)NC(=O)C(C(O)Cc3ccc(O[C@H]4O[C@@H](CO)[C@H](O)[C@@H](O)[C@@H]4O)cc3)NC(=O)C3CC(O)CN3C(=O)C(C(C)O)NC2=O)cc1. The van der Waals surface area contributed by atoms with Crippen LogP contribution in [0.25, 0.3) is 0 Å². The van der Waals surface area contributed by atoms with Gasteiger partial charge in [0.15, 0.2) is 0 Å². The van der Waals surface area contributed by atoms with Crippen LogP contribution >= 0.6 is 0 Å². The Hall–Kier alpha value is -6.11. The molecule has 0 spiro atoms. The van der Waals surface area contributed by atoms with Gasteiger partial charge in [-0.15, -0.1) is 0 Å². The highest BCUT2D eigenvalue weighted by Gasteiger charge is 2.50. The molecule has 0 aliphatic carbocycles. The molecule has 27 heteroatoms. The maximum Gasteiger partial charge on any atom is 0.251 e. The molecule has 4 saturated heterocycles. The molecule has 2 aromatic rings. The number of unbranched alkanes of at least 4 members (excludes halogenated alkanes) is 5. The third kappa shape index (κ3) is 16.6. The van der Waals surface area contributed by atoms with Gasteiger partial charge in [0, 0.05) is 50.4 Å². The van der Waals surface area contributed by atoms with Crippen molar-refractivity contribution in [1.29, 1.82) is 0 Å². The number of rotatable bonds is 18. The lowest BCUT2D eigenvalue weighted by atomic mass is 9.99. The fourth-order valence-electron chi connectivity index (χ4n) is 10.4. The first kappa shape index (κ1) is 65.0. The van der Waals surface area contributed by atoms with Crippen molar-refractivity contribution in [2.45, 2.75) is 189 Å². The van der Waals surface area contributed by atoms with Crippen molar-refractivity contribution in [1.82, 2.24) is 36.4 Å². The normalized spacial score (nSPS) is 32.0. The second-order valence-electron chi connectivity index (χ2n) is 21.8. The van der Waals surface area contributed by atoms with Crippen LogP contribution in [0.3, 0.4) is 0 Å². The number of carbonyl (C=O) groups excluding carboxylic acids is 7. The Balaban J connectivity index is 1.29. The first-order chi connectivity index (χ1) is 38.9. The Bertz CT molecular complexity index is 2470. The molecule has 0 aromatic heterocycles. The van der Waals surface area contributed by atoms with Gasteiger partial charge in [-0.3, -0.25) is 33.6 Å². The highest BCUT2D eigenvalue weighted by atomic mass is 16.7. The second-order valence-corrected chi connectivity index (χ2v) is 21.8. The number of nitrogens with one attached hydrogen (secondary N) is 5. The zero-order valence-corrected chi connectivity index (χ0v) is 46.4. The Morgan fingerprint density at radius 3 is 1.91 bits per heavy atom. The van der Waals surface area contributed by atoms with Crippen LogP contribution < -0.4 is 36.1 Å². The van der Waals surface area contributed by atoms with E-state index in [0.717, 1.165) is 62.2 Å². The van der Waals surface area contributed by atoms with Gasteiger partial charge in [-0.25, -0.2) is 0 Å². The number of β-amino-alcohol motifs (C(OH)–C–C–N with tert-alkyl or cyclic N) is 1. The summed E-state index contributed by atoms with van der Waals surface area (Å²) in [6.45, 7) is 4.23. The number of fused-ring (bicyclic) bond motifs is 2. The Morgan fingerprint density at radius 1 is 0.683 bits per heavy atom. The van der Waals surface area contributed by atoms with E-state index in [1.165, 1.54) is 43.3 Å². The molecule has 4 aliphatic heterocycles. The third-order valence-corrected chi connectivity index (χ3v) is 15.2. The minimum atomic E-state index is -2.04. The van der Waals surface area contributed by atoms with Crippen LogP contribution in [0.1, 0.15) is 95.0 Å². The van der Waals surface area contributed by atoms with E-state index in [-0.39, 0.29) is 23.4 Å². The van der Waals surface area contributed by atoms with E-state index in [0.29, 0.717) is 12.4 Å². The van der Waals surface area contributed by atoms with E-state index in [1.54, 1.807) is 12.1 Å². The zero-order valence-electron chi connectivity index (χ0n) is 46.4. The summed E-state index contributed by atoms with van der Waals surface area (Å²) in [5.74, 6) is -7.77. The molecule has 27 nitrogen and oxygen atoms in total. The summed E-state index contributed by atoms with van der Waals surface area (Å²) in [6.07, 6.45) is -13.0. The van der Waals surface area contributed by atoms with Gasteiger partial charge < -0.3 is 102 Å². The molecule has 11 unspecified atom stereocenters. The van der Waals surface area contributed by atoms with Crippen LogP contribution in [0, 0.1) is 5.92 Å². The molecule has 4 fully saturated rings. The van der Waals surface area contributed by atoms with Crippen LogP contribution in [-0.4, -0.2) is 239 Å². The van der Waals surface area contributed by atoms with Gasteiger partial charge in [0.25, 0.3) is 5.91 Å². The van der Waals surface area contributed by atoms with Crippen molar-refractivity contribution in [3.8, 4) is 11.5 Å². The quantitative estimate of drug-likeness (QED) is 0.0627. The van der Waals surface area contributed by atoms with E-state index in [1.807, 2.05) is 0 Å². The topological polar surface area (TPSA) is 416 Å². The molecule has 2 aromatic carbocycles. The first-order valence-corrected chi connectivity index (χ1v) is 27.9. The second kappa shape index (κ2) is 29.9. The van der Waals surface area contributed by atoms with E-state index >= 15 is 0 Å². The van der Waals surface area contributed by atoms with Crippen LogP contribution in [-0.2, 0) is 39.9 Å². The zero-order chi connectivity index (χ0) is 60.1. The van der Waals surface area contributed by atoms with Crippen molar-refractivity contribution in [2.75, 3.05) is 32.8 Å². The van der Waals surface area contributed by atoms with Crippen LogP contribution in [0.4, 0.5) is 0 Å². The molecule has 0 radical (unpaired) electrons. The summed E-state index contributed by atoms with van der Waals surface area (Å²) in [7, 11) is 0. The summed E-state index contributed by atoms with van der Waals surface area (Å²) in [6, 6.07) is 0.684. The van der Waals surface area contributed by atoms with Crippen molar-refractivity contribution >= 4 is 41.4 Å². The van der Waals surface area contributed by atoms with Gasteiger partial charge in [-0.1, -0.05) is 58.1 Å². The van der Waals surface area contributed by atoms with E-state index in [4.69, 9.17) is 14.2 Å². The van der Waals surface area contributed by atoms with Gasteiger partial charge in [-0.05, 0) is 62.2 Å². The molecule has 4 heterocycles. The van der Waals surface area contributed by atoms with Crippen molar-refractivity contribution < 1.29 is 98.8 Å². The van der Waals surface area contributed by atoms with E-state index in [2.05, 4.69) is 33.5 Å². The monoisotopic (exact) mass is 1160 g/mol. The number of hydrogen-bond acceptors (Lipinski definition) is 20. The smallest absolute Gasteiger partial charge is 0.251 e. The number of amides is 7. The lowest BCUT2D eigenvalue weighted by Gasteiger charge is -2.39. The van der Waals surface area contributed by atoms with Crippen LogP contribution in [0.15, 0.2) is 48.5 Å². The number of benzene rings is 2. The van der Waals surface area contributed by atoms with Crippen molar-refractivity contribution in [3.05, 3.63) is 59.7 Å². The standard InChI is InChI=1S/C55H81N7O20/c1-5-6-7-8-9-10-19-80-34-17-13-31(14-18-34)48(73)57-36-21-32(66)23-56-52(77)43-44(69)27(2)24-62(43)54(79)41(29(4)65)59-51(76)42(60-50(75)37-22-33(67)25-61(37)53(78)40(28(3)64)58-49(36)74)38(68)20-30-11-15-35(16-12-30)81-55-47(72)46(71)45(70)39(26-63)82-55/h11-18,27-29,32-33,36-47,55,63-72H,5-10,19-26H2,1-4H3,(H,56,77)(H,57,73)(H,58,74)(H,59,76)(H,60,75)/t27-,28?,29?,32?,33?,36?,37?,38?,39-,40?,41?,42?,43?,44-,45-,46+,47-,55-/m0/s1. The molecule has 15 N–H and O–H groups in total. The Kier molecular flexibility index (Phi) is 23.7. The van der Waals surface area contributed by atoms with Crippen molar-refractivity contribution in [2.24, 2.45) is 5.92 Å². The van der Waals surface area contributed by atoms with Gasteiger partial charge in [-0.2, -0.15) is 0 Å². The molecule has 0 saturated carbocycles. The lowest BCUT2D eigenvalue weighted by molar-refractivity contribution is -0.277. The minimum Gasteiger partial charge on any atom is -0.494 e. The van der Waals surface area contributed by atoms with E-state index < -0.39 is 190 Å². The van der Waals surface area contributed by atoms with E-state index in [9.17, 15) is 84.6 Å². The van der Waals surface area contributed by atoms with Crippen LogP contribution in [0.5, 0.6) is 11.5 Å². The lowest BCUT2D eigenvalue weighted by Crippen LogP contribution is -2.64.